The molecule has 0 fully saturated rings. The molecular weight excluding hydrogens is 255 g/mol. The maximum atomic E-state index is 10.5. The first-order chi connectivity index (χ1) is 7.06. The molecule has 0 aliphatic heterocycles. The molecule has 0 aliphatic rings. The summed E-state index contributed by atoms with van der Waals surface area (Å²) in [4.78, 5) is 10.0. The molecule has 3 N–H and O–H groups in total. The average Bonchev–Trinajstić information content (AvgIpc) is 2.18. The third-order valence-electron chi connectivity index (χ3n) is 2.03. The topological polar surface area (TPSA) is 89.4 Å². The summed E-state index contributed by atoms with van der Waals surface area (Å²) in [7, 11) is 0. The fourth-order valence-electron chi connectivity index (χ4n) is 1.22. The molecule has 1 atom stereocenters. The van der Waals surface area contributed by atoms with E-state index >= 15 is 0 Å². The van der Waals surface area contributed by atoms with Crippen LogP contribution in [0.25, 0.3) is 0 Å². The minimum absolute atomic E-state index is 0. The van der Waals surface area contributed by atoms with Gasteiger partial charge in [0.15, 0.2) is 0 Å². The molecule has 0 radical (unpaired) electrons. The highest BCUT2D eigenvalue weighted by molar-refractivity contribution is 6.31. The molecule has 90 valence electrons. The Hall–Kier alpha value is -0.880. The smallest absolute Gasteiger partial charge is 0.269 e. The summed E-state index contributed by atoms with van der Waals surface area (Å²) in [5.74, 6) is 0. The van der Waals surface area contributed by atoms with Crippen LogP contribution in [0.2, 0.25) is 5.02 Å². The van der Waals surface area contributed by atoms with Crippen molar-refractivity contribution in [3.8, 4) is 0 Å². The van der Waals surface area contributed by atoms with Crippen molar-refractivity contribution in [1.29, 1.82) is 0 Å². The van der Waals surface area contributed by atoms with Crippen molar-refractivity contribution in [3.63, 3.8) is 0 Å². The third kappa shape index (κ3) is 3.61. The zero-order valence-corrected chi connectivity index (χ0v) is 9.87. The molecular formula is C9H12Cl2N2O3. The highest BCUT2D eigenvalue weighted by Crippen LogP contribution is 2.27. The highest BCUT2D eigenvalue weighted by Gasteiger charge is 2.14. The van der Waals surface area contributed by atoms with Crippen molar-refractivity contribution in [3.05, 3.63) is 38.9 Å². The maximum Gasteiger partial charge on any atom is 0.269 e. The van der Waals surface area contributed by atoms with E-state index in [9.17, 15) is 10.1 Å². The van der Waals surface area contributed by atoms with Gasteiger partial charge >= 0.3 is 0 Å². The van der Waals surface area contributed by atoms with Crippen LogP contribution in [0.3, 0.4) is 0 Å². The van der Waals surface area contributed by atoms with Crippen LogP contribution in [0, 0.1) is 10.1 Å². The van der Waals surface area contributed by atoms with Gasteiger partial charge in [-0.2, -0.15) is 0 Å². The van der Waals surface area contributed by atoms with Gasteiger partial charge in [-0.15, -0.1) is 12.4 Å². The lowest BCUT2D eigenvalue weighted by Gasteiger charge is -2.11. The summed E-state index contributed by atoms with van der Waals surface area (Å²) in [5, 5.41) is 19.6. The number of aliphatic hydroxyl groups is 1. The number of nitro benzene ring substituents is 1. The van der Waals surface area contributed by atoms with Crippen LogP contribution in [0.15, 0.2) is 18.2 Å². The lowest BCUT2D eigenvalue weighted by molar-refractivity contribution is -0.384. The van der Waals surface area contributed by atoms with Crippen LogP contribution in [0.5, 0.6) is 0 Å². The molecule has 0 aromatic heterocycles. The van der Waals surface area contributed by atoms with E-state index in [1.165, 1.54) is 18.2 Å². The molecule has 16 heavy (non-hydrogen) atoms. The summed E-state index contributed by atoms with van der Waals surface area (Å²) in [6, 6.07) is 3.61. The highest BCUT2D eigenvalue weighted by atomic mass is 35.5. The van der Waals surface area contributed by atoms with Crippen molar-refractivity contribution < 1.29 is 10.0 Å². The standard InChI is InChI=1S/C9H11ClN2O3.ClH/c10-8-2-1-6(12(14)15)5-7(8)9(11)3-4-13;/h1-2,5,9,13H,3-4,11H2;1H/t9-;/m0./s1. The molecule has 1 rings (SSSR count). The number of rotatable bonds is 4. The normalized spacial score (nSPS) is 11.7. The number of nitro groups is 1. The first-order valence-electron chi connectivity index (χ1n) is 4.36. The second-order valence-corrected chi connectivity index (χ2v) is 3.49. The second kappa shape index (κ2) is 6.65. The van der Waals surface area contributed by atoms with Crippen molar-refractivity contribution >= 4 is 29.7 Å². The minimum atomic E-state index is -0.508. The van der Waals surface area contributed by atoms with Crippen LogP contribution in [0.4, 0.5) is 5.69 Å². The van der Waals surface area contributed by atoms with Crippen molar-refractivity contribution in [1.82, 2.24) is 0 Å². The minimum Gasteiger partial charge on any atom is -0.396 e. The Balaban J connectivity index is 0.00000225. The Bertz CT molecular complexity index is 374. The molecule has 0 unspecified atom stereocenters. The quantitative estimate of drug-likeness (QED) is 0.645. The van der Waals surface area contributed by atoms with Gasteiger partial charge in [-0.25, -0.2) is 0 Å². The van der Waals surface area contributed by atoms with Crippen molar-refractivity contribution in [2.75, 3.05) is 6.61 Å². The van der Waals surface area contributed by atoms with E-state index in [1.807, 2.05) is 0 Å². The Morgan fingerprint density at radius 2 is 2.19 bits per heavy atom. The number of hydrogen-bond donors (Lipinski definition) is 2. The molecule has 0 aliphatic carbocycles. The Morgan fingerprint density at radius 3 is 2.69 bits per heavy atom. The molecule has 0 heterocycles. The largest absolute Gasteiger partial charge is 0.396 e. The van der Waals surface area contributed by atoms with E-state index in [0.717, 1.165) is 0 Å². The van der Waals surface area contributed by atoms with E-state index in [0.29, 0.717) is 17.0 Å². The first-order valence-corrected chi connectivity index (χ1v) is 4.74. The predicted molar refractivity (Wildman–Crippen MR) is 64.0 cm³/mol. The summed E-state index contributed by atoms with van der Waals surface area (Å²) in [5.41, 5.74) is 6.14. The SMILES string of the molecule is Cl.N[C@@H](CCO)c1cc([N+](=O)[O-])ccc1Cl. The van der Waals surface area contributed by atoms with Crippen LogP contribution in [-0.2, 0) is 0 Å². The van der Waals surface area contributed by atoms with Crippen LogP contribution >= 0.6 is 24.0 Å². The summed E-state index contributed by atoms with van der Waals surface area (Å²) in [6.45, 7) is -0.0831. The van der Waals surface area contributed by atoms with Gasteiger partial charge in [0.25, 0.3) is 5.69 Å². The lowest BCUT2D eigenvalue weighted by atomic mass is 10.0. The summed E-state index contributed by atoms with van der Waals surface area (Å²) in [6.07, 6.45) is 0.320. The number of benzene rings is 1. The third-order valence-corrected chi connectivity index (χ3v) is 2.37. The van der Waals surface area contributed by atoms with Gasteiger partial charge in [0, 0.05) is 29.8 Å². The molecule has 0 spiro atoms. The molecule has 1 aromatic rings. The van der Waals surface area contributed by atoms with Crippen molar-refractivity contribution in [2.24, 2.45) is 5.73 Å². The predicted octanol–water partition coefficient (Wildman–Crippen LogP) is 2.05. The molecule has 5 nitrogen and oxygen atoms in total. The van der Waals surface area contributed by atoms with E-state index in [-0.39, 0.29) is 24.7 Å². The van der Waals surface area contributed by atoms with Crippen LogP contribution in [-0.4, -0.2) is 16.6 Å². The fraction of sp³-hybridized carbons (Fsp3) is 0.333. The van der Waals surface area contributed by atoms with Gasteiger partial charge < -0.3 is 10.8 Å². The summed E-state index contributed by atoms with van der Waals surface area (Å²) >= 11 is 5.85. The van der Waals surface area contributed by atoms with Crippen LogP contribution < -0.4 is 5.73 Å². The van der Waals surface area contributed by atoms with E-state index in [2.05, 4.69) is 0 Å². The van der Waals surface area contributed by atoms with E-state index < -0.39 is 11.0 Å². The number of nitrogens with zero attached hydrogens (tertiary/aromatic N) is 1. The van der Waals surface area contributed by atoms with Gasteiger partial charge in [-0.1, -0.05) is 11.6 Å². The Labute approximate surface area is 104 Å². The first kappa shape index (κ1) is 15.1. The zero-order chi connectivity index (χ0) is 11.4. The molecule has 7 heteroatoms. The monoisotopic (exact) mass is 266 g/mol. The van der Waals surface area contributed by atoms with Gasteiger partial charge in [-0.05, 0) is 18.1 Å². The summed E-state index contributed by atoms with van der Waals surface area (Å²) < 4.78 is 0. The number of halogens is 2. The maximum absolute atomic E-state index is 10.5. The Morgan fingerprint density at radius 1 is 1.56 bits per heavy atom. The van der Waals surface area contributed by atoms with Gasteiger partial charge in [-0.3, -0.25) is 10.1 Å². The van der Waals surface area contributed by atoms with E-state index in [4.69, 9.17) is 22.4 Å². The molecule has 0 amide bonds. The van der Waals surface area contributed by atoms with E-state index in [1.54, 1.807) is 0 Å². The van der Waals surface area contributed by atoms with Gasteiger partial charge in [0.05, 0.1) is 4.92 Å². The molecule has 0 saturated heterocycles. The molecule has 0 saturated carbocycles. The number of nitrogens with two attached hydrogens (primary N) is 1. The fourth-order valence-corrected chi connectivity index (χ4v) is 1.48. The second-order valence-electron chi connectivity index (χ2n) is 3.08. The lowest BCUT2D eigenvalue weighted by Crippen LogP contribution is -2.12. The van der Waals surface area contributed by atoms with Gasteiger partial charge in [0.2, 0.25) is 0 Å². The van der Waals surface area contributed by atoms with Gasteiger partial charge in [0.1, 0.15) is 0 Å². The zero-order valence-electron chi connectivity index (χ0n) is 8.30. The number of non-ortho nitro benzene ring substituents is 1. The van der Waals surface area contributed by atoms with Crippen molar-refractivity contribution in [2.45, 2.75) is 12.5 Å². The molecule has 1 aromatic carbocycles. The number of hydrogen-bond acceptors (Lipinski definition) is 4. The molecule has 0 bridgehead atoms. The average molecular weight is 267 g/mol. The Kier molecular flexibility index (Phi) is 6.28. The number of aliphatic hydroxyl groups excluding tert-OH is 1. The van der Waals surface area contributed by atoms with Crippen LogP contribution in [0.1, 0.15) is 18.0 Å².